The lowest BCUT2D eigenvalue weighted by Gasteiger charge is -2.06. The van der Waals surface area contributed by atoms with E-state index in [2.05, 4.69) is 0 Å². The Kier molecular flexibility index (Phi) is 7.35. The van der Waals surface area contributed by atoms with Crippen molar-refractivity contribution in [3.63, 3.8) is 0 Å². The molecule has 0 aliphatic carbocycles. The van der Waals surface area contributed by atoms with Crippen molar-refractivity contribution in [3.8, 4) is 0 Å². The Labute approximate surface area is 171 Å². The quantitative estimate of drug-likeness (QED) is 0.372. The normalized spacial score (nSPS) is 11.1. The molecule has 3 aromatic rings. The van der Waals surface area contributed by atoms with E-state index in [0.29, 0.717) is 0 Å². The first-order valence-corrected chi connectivity index (χ1v) is 10.4. The predicted molar refractivity (Wildman–Crippen MR) is 113 cm³/mol. The Morgan fingerprint density at radius 3 is 1.71 bits per heavy atom. The number of hydrogen-bond donors (Lipinski definition) is 0. The van der Waals surface area contributed by atoms with Crippen molar-refractivity contribution in [1.82, 2.24) is 0 Å². The van der Waals surface area contributed by atoms with E-state index in [1.54, 1.807) is 34.8 Å². The van der Waals surface area contributed by atoms with Crippen molar-refractivity contribution in [2.75, 3.05) is 0 Å². The minimum Gasteiger partial charge on any atom is -0.458 e. The van der Waals surface area contributed by atoms with Crippen molar-refractivity contribution in [2.45, 2.75) is 13.2 Å². The molecule has 0 aliphatic heterocycles. The van der Waals surface area contributed by atoms with Gasteiger partial charge in [-0.1, -0.05) is 18.2 Å². The zero-order valence-corrected chi connectivity index (χ0v) is 16.6. The van der Waals surface area contributed by atoms with Crippen molar-refractivity contribution in [3.05, 3.63) is 92.3 Å². The molecule has 0 radical (unpaired) electrons. The van der Waals surface area contributed by atoms with Crippen molar-refractivity contribution in [1.29, 1.82) is 0 Å². The maximum absolute atomic E-state index is 11.8. The van der Waals surface area contributed by atoms with E-state index < -0.39 is 11.9 Å². The van der Waals surface area contributed by atoms with Gasteiger partial charge < -0.3 is 9.47 Å². The van der Waals surface area contributed by atoms with Crippen LogP contribution < -0.4 is 0 Å². The molecule has 0 amide bonds. The third kappa shape index (κ3) is 6.64. The van der Waals surface area contributed by atoms with Crippen LogP contribution in [-0.4, -0.2) is 11.9 Å². The molecule has 2 aromatic heterocycles. The molecule has 142 valence electrons. The summed E-state index contributed by atoms with van der Waals surface area (Å²) in [5, 5.41) is 7.79. The monoisotopic (exact) mass is 410 g/mol. The van der Waals surface area contributed by atoms with Crippen LogP contribution >= 0.6 is 22.7 Å². The van der Waals surface area contributed by atoms with Gasteiger partial charge in [0, 0.05) is 12.2 Å². The molecule has 0 spiro atoms. The maximum Gasteiger partial charge on any atom is 0.331 e. The molecular weight excluding hydrogens is 392 g/mol. The number of rotatable bonds is 8. The van der Waals surface area contributed by atoms with E-state index in [-0.39, 0.29) is 13.2 Å². The van der Waals surface area contributed by atoms with E-state index in [9.17, 15) is 9.59 Å². The van der Waals surface area contributed by atoms with E-state index in [4.69, 9.17) is 9.47 Å². The van der Waals surface area contributed by atoms with Crippen LogP contribution in [-0.2, 0) is 32.3 Å². The first kappa shape index (κ1) is 19.8. The fourth-order valence-corrected chi connectivity index (χ4v) is 3.54. The summed E-state index contributed by atoms with van der Waals surface area (Å²) in [7, 11) is 0. The standard InChI is InChI=1S/C22H18O4S2/c23-21(6-4-17-8-10-27-15-17)25-13-19-2-1-3-20(12-19)14-26-22(24)7-5-18-9-11-28-16-18/h1-12,15-16H,13-14H2/b6-4+,7-5+. The van der Waals surface area contributed by atoms with Crippen LogP contribution in [0.3, 0.4) is 0 Å². The lowest BCUT2D eigenvalue weighted by atomic mass is 10.1. The summed E-state index contributed by atoms with van der Waals surface area (Å²) in [6.45, 7) is 0.319. The predicted octanol–water partition coefficient (Wildman–Crippen LogP) is 5.32. The second kappa shape index (κ2) is 10.4. The number of esters is 2. The van der Waals surface area contributed by atoms with Gasteiger partial charge in [0.25, 0.3) is 0 Å². The van der Waals surface area contributed by atoms with E-state index in [0.717, 1.165) is 22.3 Å². The first-order chi connectivity index (χ1) is 13.7. The van der Waals surface area contributed by atoms with Gasteiger partial charge in [-0.05, 0) is 74.1 Å². The summed E-state index contributed by atoms with van der Waals surface area (Å²) >= 11 is 3.14. The van der Waals surface area contributed by atoms with Crippen molar-refractivity contribution < 1.29 is 19.1 Å². The second-order valence-electron chi connectivity index (χ2n) is 5.82. The van der Waals surface area contributed by atoms with Gasteiger partial charge in [0.1, 0.15) is 13.2 Å². The molecular formula is C22H18O4S2. The lowest BCUT2D eigenvalue weighted by Crippen LogP contribution is -2.03. The van der Waals surface area contributed by atoms with E-state index >= 15 is 0 Å². The summed E-state index contributed by atoms with van der Waals surface area (Å²) in [5.74, 6) is -0.803. The number of carbonyl (C=O) groups excluding carboxylic acids is 2. The van der Waals surface area contributed by atoms with Crippen LogP contribution in [0.1, 0.15) is 22.3 Å². The van der Waals surface area contributed by atoms with Crippen LogP contribution in [0.5, 0.6) is 0 Å². The van der Waals surface area contributed by atoms with Crippen LogP contribution in [0.25, 0.3) is 12.2 Å². The highest BCUT2D eigenvalue weighted by atomic mass is 32.1. The average Bonchev–Trinajstić information content (AvgIpc) is 3.42. The highest BCUT2D eigenvalue weighted by Crippen LogP contribution is 2.11. The summed E-state index contributed by atoms with van der Waals surface area (Å²) in [6, 6.07) is 11.3. The third-order valence-corrected chi connectivity index (χ3v) is 5.07. The van der Waals surface area contributed by atoms with Crippen molar-refractivity contribution in [2.24, 2.45) is 0 Å². The van der Waals surface area contributed by atoms with E-state index in [1.807, 2.05) is 57.9 Å². The molecule has 0 unspecified atom stereocenters. The summed E-state index contributed by atoms with van der Waals surface area (Å²) in [4.78, 5) is 23.6. The zero-order valence-electron chi connectivity index (χ0n) is 14.9. The SMILES string of the molecule is O=C(/C=C/c1ccsc1)OCc1cccc(COC(=O)/C=C/c2ccsc2)c1. The van der Waals surface area contributed by atoms with Crippen LogP contribution in [0, 0.1) is 0 Å². The van der Waals surface area contributed by atoms with Gasteiger partial charge in [-0.2, -0.15) is 22.7 Å². The Balaban J connectivity index is 1.45. The molecule has 2 heterocycles. The van der Waals surface area contributed by atoms with Gasteiger partial charge in [0.2, 0.25) is 0 Å². The van der Waals surface area contributed by atoms with Gasteiger partial charge in [-0.3, -0.25) is 0 Å². The Hall–Kier alpha value is -2.96. The topological polar surface area (TPSA) is 52.6 Å². The minimum atomic E-state index is -0.401. The van der Waals surface area contributed by atoms with Crippen molar-refractivity contribution >= 4 is 46.8 Å². The summed E-state index contributed by atoms with van der Waals surface area (Å²) < 4.78 is 10.5. The third-order valence-electron chi connectivity index (χ3n) is 3.66. The molecule has 0 aliphatic rings. The summed E-state index contributed by atoms with van der Waals surface area (Å²) in [6.07, 6.45) is 6.26. The number of thiophene rings is 2. The molecule has 28 heavy (non-hydrogen) atoms. The lowest BCUT2D eigenvalue weighted by molar-refractivity contribution is -0.139. The van der Waals surface area contributed by atoms with Crippen LogP contribution in [0.4, 0.5) is 0 Å². The van der Waals surface area contributed by atoms with Gasteiger partial charge in [0.05, 0.1) is 0 Å². The number of ether oxygens (including phenoxy) is 2. The highest BCUT2D eigenvalue weighted by Gasteiger charge is 2.03. The smallest absolute Gasteiger partial charge is 0.331 e. The molecule has 3 rings (SSSR count). The van der Waals surface area contributed by atoms with E-state index in [1.165, 1.54) is 12.2 Å². The van der Waals surface area contributed by atoms with Gasteiger partial charge in [-0.15, -0.1) is 0 Å². The molecule has 0 atom stereocenters. The molecule has 0 saturated carbocycles. The zero-order chi connectivity index (χ0) is 19.6. The number of carbonyl (C=O) groups is 2. The fourth-order valence-electron chi connectivity index (χ4n) is 2.28. The average molecular weight is 411 g/mol. The fraction of sp³-hybridized carbons (Fsp3) is 0.0909. The molecule has 6 heteroatoms. The molecule has 0 N–H and O–H groups in total. The highest BCUT2D eigenvalue weighted by molar-refractivity contribution is 7.08. The molecule has 0 bridgehead atoms. The number of benzene rings is 1. The molecule has 1 aromatic carbocycles. The molecule has 0 saturated heterocycles. The van der Waals surface area contributed by atoms with Gasteiger partial charge in [0.15, 0.2) is 0 Å². The Morgan fingerprint density at radius 2 is 1.29 bits per heavy atom. The van der Waals surface area contributed by atoms with Gasteiger partial charge in [-0.25, -0.2) is 9.59 Å². The number of hydrogen-bond acceptors (Lipinski definition) is 6. The summed E-state index contributed by atoms with van der Waals surface area (Å²) in [5.41, 5.74) is 3.61. The van der Waals surface area contributed by atoms with Crippen LogP contribution in [0.2, 0.25) is 0 Å². The Bertz CT molecular complexity index is 879. The van der Waals surface area contributed by atoms with Gasteiger partial charge >= 0.3 is 11.9 Å². The maximum atomic E-state index is 11.8. The van der Waals surface area contributed by atoms with Crippen LogP contribution in [0.15, 0.2) is 70.1 Å². The largest absolute Gasteiger partial charge is 0.458 e. The molecule has 0 fully saturated rings. The molecule has 4 nitrogen and oxygen atoms in total. The first-order valence-electron chi connectivity index (χ1n) is 8.51. The second-order valence-corrected chi connectivity index (χ2v) is 7.38. The Morgan fingerprint density at radius 1 is 0.786 bits per heavy atom. The minimum absolute atomic E-state index is 0.159.